The molecule has 3 rings (SSSR count). The van der Waals surface area contributed by atoms with Crippen molar-refractivity contribution in [2.24, 2.45) is 0 Å². The molecular formula is C19H20BrN3O3. The van der Waals surface area contributed by atoms with Gasteiger partial charge in [0.05, 0.1) is 0 Å². The molecule has 26 heavy (non-hydrogen) atoms. The lowest BCUT2D eigenvalue weighted by atomic mass is 10.0. The Morgan fingerprint density at radius 3 is 2.42 bits per heavy atom. The van der Waals surface area contributed by atoms with Gasteiger partial charge in [-0.25, -0.2) is 0 Å². The van der Waals surface area contributed by atoms with Crippen LogP contribution in [0.25, 0.3) is 0 Å². The third-order valence-electron chi connectivity index (χ3n) is 4.05. The summed E-state index contributed by atoms with van der Waals surface area (Å²) in [7, 11) is 0. The molecule has 136 valence electrons. The topological polar surface area (TPSA) is 71.4 Å². The van der Waals surface area contributed by atoms with Crippen LogP contribution >= 0.6 is 15.9 Å². The molecule has 7 heteroatoms. The molecule has 1 N–H and O–H groups in total. The molecule has 0 saturated carbocycles. The van der Waals surface area contributed by atoms with Gasteiger partial charge < -0.3 is 10.2 Å². The van der Waals surface area contributed by atoms with Crippen LogP contribution in [0.3, 0.4) is 0 Å². The molecule has 0 bridgehead atoms. The second-order valence-corrected chi connectivity index (χ2v) is 8.20. The number of aromatic nitrogens is 1. The molecule has 1 aromatic carbocycles. The van der Waals surface area contributed by atoms with Crippen molar-refractivity contribution in [3.8, 4) is 0 Å². The van der Waals surface area contributed by atoms with E-state index >= 15 is 0 Å². The van der Waals surface area contributed by atoms with Crippen LogP contribution in [0.4, 0.5) is 0 Å². The minimum atomic E-state index is -0.887. The maximum atomic E-state index is 13.0. The van der Waals surface area contributed by atoms with E-state index in [-0.39, 0.29) is 30.0 Å². The fourth-order valence-corrected chi connectivity index (χ4v) is 3.24. The largest absolute Gasteiger partial charge is 0.349 e. The normalized spacial score (nSPS) is 15.6. The van der Waals surface area contributed by atoms with Gasteiger partial charge in [-0.3, -0.25) is 19.0 Å². The van der Waals surface area contributed by atoms with E-state index in [4.69, 9.17) is 0 Å². The number of amides is 2. The van der Waals surface area contributed by atoms with Gasteiger partial charge in [-0.05, 0) is 50.6 Å². The number of carbonyl (C=O) groups is 3. The molecule has 1 aliphatic rings. The van der Waals surface area contributed by atoms with E-state index in [2.05, 4.69) is 21.2 Å². The zero-order valence-corrected chi connectivity index (χ0v) is 16.4. The molecule has 1 unspecified atom stereocenters. The van der Waals surface area contributed by atoms with Gasteiger partial charge in [0.2, 0.25) is 5.91 Å². The third-order valence-corrected chi connectivity index (χ3v) is 4.58. The Labute approximate surface area is 160 Å². The highest BCUT2D eigenvalue weighted by Crippen LogP contribution is 2.28. The molecule has 1 aromatic heterocycles. The first-order valence-electron chi connectivity index (χ1n) is 8.26. The summed E-state index contributed by atoms with van der Waals surface area (Å²) in [6.07, 6.45) is 1.57. The zero-order chi connectivity index (χ0) is 19.1. The van der Waals surface area contributed by atoms with Crippen LogP contribution in [0.2, 0.25) is 0 Å². The number of hydrogen-bond donors (Lipinski definition) is 1. The van der Waals surface area contributed by atoms with Crippen molar-refractivity contribution in [1.82, 2.24) is 14.8 Å². The smallest absolute Gasteiger partial charge is 0.272 e. The van der Waals surface area contributed by atoms with Crippen molar-refractivity contribution in [3.63, 3.8) is 0 Å². The van der Waals surface area contributed by atoms with Gasteiger partial charge in [0.25, 0.3) is 11.8 Å². The first kappa shape index (κ1) is 18.4. The summed E-state index contributed by atoms with van der Waals surface area (Å²) in [5.74, 6) is -0.900. The highest BCUT2D eigenvalue weighted by Gasteiger charge is 2.39. The first-order valence-corrected chi connectivity index (χ1v) is 9.06. The Bertz CT molecular complexity index is 865. The van der Waals surface area contributed by atoms with Crippen molar-refractivity contribution >= 4 is 33.7 Å². The van der Waals surface area contributed by atoms with E-state index in [9.17, 15) is 14.4 Å². The van der Waals surface area contributed by atoms with Crippen LogP contribution in [0.5, 0.6) is 0 Å². The van der Waals surface area contributed by atoms with Gasteiger partial charge in [0, 0.05) is 16.2 Å². The minimum absolute atomic E-state index is 0.154. The van der Waals surface area contributed by atoms with Gasteiger partial charge >= 0.3 is 0 Å². The van der Waals surface area contributed by atoms with Crippen LogP contribution < -0.4 is 5.32 Å². The third kappa shape index (κ3) is 3.58. The zero-order valence-electron chi connectivity index (χ0n) is 14.8. The van der Waals surface area contributed by atoms with Gasteiger partial charge in [0.1, 0.15) is 18.3 Å². The van der Waals surface area contributed by atoms with E-state index in [1.807, 2.05) is 32.9 Å². The SMILES string of the molecule is CC(C)(C)NC(=O)C(c1ccc(Br)cc1)N1CC(=O)n2cccc2C1=O. The van der Waals surface area contributed by atoms with Gasteiger partial charge in [0.15, 0.2) is 0 Å². The number of nitrogens with zero attached hydrogens (tertiary/aromatic N) is 2. The number of carbonyl (C=O) groups excluding carboxylic acids is 3. The molecule has 0 saturated heterocycles. The molecule has 1 atom stereocenters. The number of nitrogens with one attached hydrogen (secondary N) is 1. The average Bonchev–Trinajstić information content (AvgIpc) is 3.03. The Morgan fingerprint density at radius 1 is 1.15 bits per heavy atom. The Morgan fingerprint density at radius 2 is 1.81 bits per heavy atom. The molecule has 0 spiro atoms. The molecule has 2 amide bonds. The Balaban J connectivity index is 2.03. The molecule has 2 heterocycles. The molecule has 1 aliphatic heterocycles. The molecule has 0 fully saturated rings. The van der Waals surface area contributed by atoms with E-state index in [1.165, 1.54) is 9.47 Å². The van der Waals surface area contributed by atoms with Gasteiger partial charge in [-0.1, -0.05) is 28.1 Å². The summed E-state index contributed by atoms with van der Waals surface area (Å²) >= 11 is 3.38. The van der Waals surface area contributed by atoms with Crippen LogP contribution in [0.1, 0.15) is 47.7 Å². The molecule has 0 aliphatic carbocycles. The summed E-state index contributed by atoms with van der Waals surface area (Å²) in [5.41, 5.74) is 0.455. The van der Waals surface area contributed by atoms with Crippen molar-refractivity contribution in [3.05, 3.63) is 58.3 Å². The van der Waals surface area contributed by atoms with E-state index in [0.29, 0.717) is 5.56 Å². The fourth-order valence-electron chi connectivity index (χ4n) is 2.98. The lowest BCUT2D eigenvalue weighted by molar-refractivity contribution is -0.127. The van der Waals surface area contributed by atoms with Crippen molar-refractivity contribution < 1.29 is 14.4 Å². The number of halogens is 1. The van der Waals surface area contributed by atoms with Crippen LogP contribution in [-0.2, 0) is 4.79 Å². The second-order valence-electron chi connectivity index (χ2n) is 7.28. The lowest BCUT2D eigenvalue weighted by Crippen LogP contribution is -2.53. The van der Waals surface area contributed by atoms with Crippen LogP contribution in [0, 0.1) is 0 Å². The average molecular weight is 418 g/mol. The number of hydrogen-bond acceptors (Lipinski definition) is 3. The predicted octanol–water partition coefficient (Wildman–Crippen LogP) is 3.00. The Hall–Kier alpha value is -2.41. The molecule has 0 radical (unpaired) electrons. The molecule has 2 aromatic rings. The maximum Gasteiger partial charge on any atom is 0.272 e. The second kappa shape index (κ2) is 6.72. The predicted molar refractivity (Wildman–Crippen MR) is 101 cm³/mol. The van der Waals surface area contributed by atoms with Crippen LogP contribution in [0.15, 0.2) is 47.1 Å². The van der Waals surface area contributed by atoms with E-state index in [0.717, 1.165) is 4.47 Å². The minimum Gasteiger partial charge on any atom is -0.349 e. The van der Waals surface area contributed by atoms with Gasteiger partial charge in [-0.15, -0.1) is 0 Å². The molecular weight excluding hydrogens is 398 g/mol. The highest BCUT2D eigenvalue weighted by molar-refractivity contribution is 9.10. The van der Waals surface area contributed by atoms with Crippen LogP contribution in [-0.4, -0.2) is 39.3 Å². The van der Waals surface area contributed by atoms with Crippen molar-refractivity contribution in [1.29, 1.82) is 0 Å². The number of rotatable bonds is 3. The monoisotopic (exact) mass is 417 g/mol. The summed E-state index contributed by atoms with van der Waals surface area (Å²) in [6, 6.07) is 9.54. The standard InChI is InChI=1S/C19H20BrN3O3/c1-19(2,3)21-17(25)16(12-6-8-13(20)9-7-12)23-11-15(24)22-10-4-5-14(22)18(23)26/h4-10,16H,11H2,1-3H3,(H,21,25). The van der Waals surface area contributed by atoms with Crippen molar-refractivity contribution in [2.45, 2.75) is 32.4 Å². The fraction of sp³-hybridized carbons (Fsp3) is 0.316. The van der Waals surface area contributed by atoms with Crippen molar-refractivity contribution in [2.75, 3.05) is 6.54 Å². The summed E-state index contributed by atoms with van der Waals surface area (Å²) in [5, 5.41) is 2.92. The number of fused-ring (bicyclic) bond motifs is 1. The van der Waals surface area contributed by atoms with E-state index < -0.39 is 11.6 Å². The lowest BCUT2D eigenvalue weighted by Gasteiger charge is -2.35. The highest BCUT2D eigenvalue weighted by atomic mass is 79.9. The number of benzene rings is 1. The summed E-state index contributed by atoms with van der Waals surface area (Å²) in [4.78, 5) is 39.7. The summed E-state index contributed by atoms with van der Waals surface area (Å²) < 4.78 is 2.20. The van der Waals surface area contributed by atoms with Gasteiger partial charge in [-0.2, -0.15) is 0 Å². The quantitative estimate of drug-likeness (QED) is 0.833. The Kier molecular flexibility index (Phi) is 4.75. The first-order chi connectivity index (χ1) is 12.2. The summed E-state index contributed by atoms with van der Waals surface area (Å²) in [6.45, 7) is 5.46. The molecule has 6 nitrogen and oxygen atoms in total. The maximum absolute atomic E-state index is 13.0. The van der Waals surface area contributed by atoms with E-state index in [1.54, 1.807) is 30.5 Å².